The molecule has 0 aliphatic rings. The molecule has 1 aromatic heterocycles. The lowest BCUT2D eigenvalue weighted by molar-refractivity contribution is 0.339. The lowest BCUT2D eigenvalue weighted by Crippen LogP contribution is -2.23. The van der Waals surface area contributed by atoms with Crippen molar-refractivity contribution in [3.8, 4) is 17.2 Å². The van der Waals surface area contributed by atoms with Gasteiger partial charge in [0.25, 0.3) is 5.89 Å². The van der Waals surface area contributed by atoms with Gasteiger partial charge < -0.3 is 9.26 Å². The van der Waals surface area contributed by atoms with Crippen molar-refractivity contribution in [2.45, 2.75) is 31.7 Å². The Labute approximate surface area is 158 Å². The number of benzene rings is 2. The Bertz CT molecular complexity index is 1000. The Morgan fingerprint density at radius 2 is 1.89 bits per heavy atom. The van der Waals surface area contributed by atoms with Crippen LogP contribution < -0.4 is 9.46 Å². The lowest BCUT2D eigenvalue weighted by Gasteiger charge is -2.11. The first-order valence-corrected chi connectivity index (χ1v) is 10.1. The second kappa shape index (κ2) is 8.32. The van der Waals surface area contributed by atoms with Crippen LogP contribution >= 0.6 is 0 Å². The monoisotopic (exact) mass is 387 g/mol. The molecule has 0 radical (unpaired) electrons. The summed E-state index contributed by atoms with van der Waals surface area (Å²) in [7, 11) is -3.71. The van der Waals surface area contributed by atoms with E-state index in [2.05, 4.69) is 14.9 Å². The first-order chi connectivity index (χ1) is 13.0. The molecule has 0 aliphatic carbocycles. The van der Waals surface area contributed by atoms with Crippen molar-refractivity contribution < 1.29 is 17.7 Å². The highest BCUT2D eigenvalue weighted by Crippen LogP contribution is 2.31. The maximum Gasteiger partial charge on any atom is 0.261 e. The molecule has 1 heterocycles. The molecular weight excluding hydrogens is 366 g/mol. The van der Waals surface area contributed by atoms with Crippen LogP contribution in [0.1, 0.15) is 25.2 Å². The highest BCUT2D eigenvalue weighted by Gasteiger charge is 2.20. The van der Waals surface area contributed by atoms with Crippen LogP contribution in [0.2, 0.25) is 0 Å². The summed E-state index contributed by atoms with van der Waals surface area (Å²) in [6.45, 7) is 4.39. The molecule has 0 bridgehead atoms. The number of aryl methyl sites for hydroxylation is 1. The molecule has 0 amide bonds. The van der Waals surface area contributed by atoms with E-state index in [0.717, 1.165) is 5.56 Å². The highest BCUT2D eigenvalue weighted by molar-refractivity contribution is 7.89. The standard InChI is InChI=1S/C19H21N3O4S/c1-3-18-21-19(26-22-18)16-12-15(10-11-17(16)25-4-2)27(23,24)20-13-14-8-6-5-7-9-14/h5-12,20H,3-4,13H2,1-2H3. The van der Waals surface area contributed by atoms with Crippen LogP contribution in [0.3, 0.4) is 0 Å². The Hall–Kier alpha value is -2.71. The molecule has 0 saturated carbocycles. The van der Waals surface area contributed by atoms with Gasteiger partial charge in [0.1, 0.15) is 5.75 Å². The van der Waals surface area contributed by atoms with Crippen molar-refractivity contribution >= 4 is 10.0 Å². The van der Waals surface area contributed by atoms with Crippen LogP contribution in [-0.2, 0) is 23.0 Å². The van der Waals surface area contributed by atoms with Gasteiger partial charge in [-0.3, -0.25) is 0 Å². The van der Waals surface area contributed by atoms with Crippen molar-refractivity contribution in [3.05, 3.63) is 59.9 Å². The number of hydrogen-bond donors (Lipinski definition) is 1. The first-order valence-electron chi connectivity index (χ1n) is 8.67. The summed E-state index contributed by atoms with van der Waals surface area (Å²) >= 11 is 0. The normalized spacial score (nSPS) is 11.5. The fourth-order valence-electron chi connectivity index (χ4n) is 2.49. The van der Waals surface area contributed by atoms with Gasteiger partial charge in [0.05, 0.1) is 17.1 Å². The summed E-state index contributed by atoms with van der Waals surface area (Å²) in [6.07, 6.45) is 0.615. The van der Waals surface area contributed by atoms with Gasteiger partial charge >= 0.3 is 0 Å². The topological polar surface area (TPSA) is 94.3 Å². The summed E-state index contributed by atoms with van der Waals surface area (Å²) in [5.41, 5.74) is 1.32. The third-order valence-corrected chi connectivity index (χ3v) is 5.28. The Morgan fingerprint density at radius 3 is 2.56 bits per heavy atom. The zero-order valence-electron chi connectivity index (χ0n) is 15.2. The highest BCUT2D eigenvalue weighted by atomic mass is 32.2. The fourth-order valence-corrected chi connectivity index (χ4v) is 3.53. The van der Waals surface area contributed by atoms with Gasteiger partial charge in [-0.2, -0.15) is 4.98 Å². The summed E-state index contributed by atoms with van der Waals surface area (Å²) in [5, 5.41) is 3.87. The number of nitrogens with one attached hydrogen (secondary N) is 1. The summed E-state index contributed by atoms with van der Waals surface area (Å²) in [5.74, 6) is 1.27. The maximum absolute atomic E-state index is 12.7. The van der Waals surface area contributed by atoms with Gasteiger partial charge in [-0.05, 0) is 30.7 Å². The number of rotatable bonds is 8. The molecule has 0 unspecified atom stereocenters. The van der Waals surface area contributed by atoms with Crippen LogP contribution in [0.4, 0.5) is 0 Å². The molecule has 0 fully saturated rings. The molecule has 0 spiro atoms. The molecule has 3 aromatic rings. The smallest absolute Gasteiger partial charge is 0.261 e. The van der Waals surface area contributed by atoms with Crippen LogP contribution in [0.5, 0.6) is 5.75 Å². The zero-order chi connectivity index (χ0) is 19.3. The van der Waals surface area contributed by atoms with Crippen LogP contribution in [-0.4, -0.2) is 25.2 Å². The molecule has 7 nitrogen and oxygen atoms in total. The second-order valence-electron chi connectivity index (χ2n) is 5.77. The van der Waals surface area contributed by atoms with Gasteiger partial charge in [-0.25, -0.2) is 13.1 Å². The molecule has 2 aromatic carbocycles. The predicted molar refractivity (Wildman–Crippen MR) is 101 cm³/mol. The zero-order valence-corrected chi connectivity index (χ0v) is 16.0. The Morgan fingerprint density at radius 1 is 1.11 bits per heavy atom. The van der Waals surface area contributed by atoms with Gasteiger partial charge in [0.15, 0.2) is 5.82 Å². The number of sulfonamides is 1. The van der Waals surface area contributed by atoms with E-state index < -0.39 is 10.0 Å². The first kappa shape index (κ1) is 19.1. The molecule has 1 N–H and O–H groups in total. The quantitative estimate of drug-likeness (QED) is 0.638. The average molecular weight is 387 g/mol. The van der Waals surface area contributed by atoms with Crippen molar-refractivity contribution in [1.82, 2.24) is 14.9 Å². The van der Waals surface area contributed by atoms with E-state index in [1.165, 1.54) is 12.1 Å². The lowest BCUT2D eigenvalue weighted by atomic mass is 10.2. The van der Waals surface area contributed by atoms with Gasteiger partial charge in [0.2, 0.25) is 10.0 Å². The molecular formula is C19H21N3O4S. The van der Waals surface area contributed by atoms with Crippen molar-refractivity contribution in [1.29, 1.82) is 0 Å². The largest absolute Gasteiger partial charge is 0.493 e. The maximum atomic E-state index is 12.7. The molecule has 8 heteroatoms. The van der Waals surface area contributed by atoms with E-state index in [1.807, 2.05) is 44.2 Å². The predicted octanol–water partition coefficient (Wildman–Crippen LogP) is 3.18. The fraction of sp³-hybridized carbons (Fsp3) is 0.263. The Kier molecular flexibility index (Phi) is 5.88. The Balaban J connectivity index is 1.92. The van der Waals surface area contributed by atoms with Gasteiger partial charge in [-0.1, -0.05) is 42.4 Å². The summed E-state index contributed by atoms with van der Waals surface area (Å²) < 4.78 is 38.9. The van der Waals surface area contributed by atoms with E-state index in [1.54, 1.807) is 6.07 Å². The van der Waals surface area contributed by atoms with Gasteiger partial charge in [-0.15, -0.1) is 0 Å². The third kappa shape index (κ3) is 4.53. The van der Waals surface area contributed by atoms with Crippen LogP contribution in [0.15, 0.2) is 57.9 Å². The minimum absolute atomic E-state index is 0.105. The molecule has 3 rings (SSSR count). The number of hydrogen-bond acceptors (Lipinski definition) is 6. The number of ether oxygens (including phenoxy) is 1. The number of nitrogens with zero attached hydrogens (tertiary/aromatic N) is 2. The van der Waals surface area contributed by atoms with E-state index in [9.17, 15) is 8.42 Å². The molecule has 27 heavy (non-hydrogen) atoms. The van der Waals surface area contributed by atoms with E-state index in [0.29, 0.717) is 30.2 Å². The minimum Gasteiger partial charge on any atom is -0.493 e. The van der Waals surface area contributed by atoms with Crippen molar-refractivity contribution in [3.63, 3.8) is 0 Å². The average Bonchev–Trinajstić information content (AvgIpc) is 3.17. The SMILES string of the molecule is CCOc1ccc(S(=O)(=O)NCc2ccccc2)cc1-c1nc(CC)no1. The number of aromatic nitrogens is 2. The summed E-state index contributed by atoms with van der Waals surface area (Å²) in [4.78, 5) is 4.39. The second-order valence-corrected chi connectivity index (χ2v) is 7.54. The van der Waals surface area contributed by atoms with E-state index in [-0.39, 0.29) is 17.3 Å². The van der Waals surface area contributed by atoms with E-state index in [4.69, 9.17) is 9.26 Å². The molecule has 0 atom stereocenters. The molecule has 142 valence electrons. The summed E-state index contributed by atoms with van der Waals surface area (Å²) in [6, 6.07) is 13.9. The molecule has 0 saturated heterocycles. The minimum atomic E-state index is -3.71. The van der Waals surface area contributed by atoms with Crippen LogP contribution in [0.25, 0.3) is 11.5 Å². The van der Waals surface area contributed by atoms with Gasteiger partial charge in [0, 0.05) is 13.0 Å². The molecule has 0 aliphatic heterocycles. The third-order valence-electron chi connectivity index (χ3n) is 3.89. The van der Waals surface area contributed by atoms with Crippen molar-refractivity contribution in [2.75, 3.05) is 6.61 Å². The van der Waals surface area contributed by atoms with Crippen molar-refractivity contribution in [2.24, 2.45) is 0 Å². The van der Waals surface area contributed by atoms with E-state index >= 15 is 0 Å². The van der Waals surface area contributed by atoms with Crippen LogP contribution in [0, 0.1) is 0 Å².